The number of pyridine rings is 1. The molecule has 0 spiro atoms. The molecule has 0 saturated heterocycles. The molecule has 0 atom stereocenters. The van der Waals surface area contributed by atoms with Crippen LogP contribution in [0.1, 0.15) is 24.5 Å². The molecule has 0 aliphatic carbocycles. The predicted octanol–water partition coefficient (Wildman–Crippen LogP) is 1.75. The molecule has 2 aromatic heterocycles. The molecular formula is C14H20N6. The van der Waals surface area contributed by atoms with Crippen LogP contribution in [-0.4, -0.2) is 22.0 Å². The molecule has 0 fully saturated rings. The first-order chi connectivity index (χ1) is 9.76. The number of anilines is 2. The topological polar surface area (TPSA) is 80.0 Å². The van der Waals surface area contributed by atoms with E-state index in [9.17, 15) is 0 Å². The minimum Gasteiger partial charge on any atom is -0.355 e. The summed E-state index contributed by atoms with van der Waals surface area (Å²) in [6, 6.07) is 3.98. The van der Waals surface area contributed by atoms with E-state index in [-0.39, 0.29) is 0 Å². The quantitative estimate of drug-likeness (QED) is 0.616. The van der Waals surface area contributed by atoms with Gasteiger partial charge in [0.2, 0.25) is 0 Å². The van der Waals surface area contributed by atoms with Gasteiger partial charge in [0, 0.05) is 31.5 Å². The highest BCUT2D eigenvalue weighted by molar-refractivity contribution is 5.58. The summed E-state index contributed by atoms with van der Waals surface area (Å²) in [5, 5.41) is 0. The summed E-state index contributed by atoms with van der Waals surface area (Å²) in [5.41, 5.74) is 4.83. The fourth-order valence-corrected chi connectivity index (χ4v) is 2.18. The van der Waals surface area contributed by atoms with Gasteiger partial charge in [-0.05, 0) is 18.1 Å². The Morgan fingerprint density at radius 1 is 1.35 bits per heavy atom. The Balaban J connectivity index is 2.26. The van der Waals surface area contributed by atoms with Gasteiger partial charge in [-0.15, -0.1) is 0 Å². The van der Waals surface area contributed by atoms with Crippen molar-refractivity contribution in [1.29, 1.82) is 0 Å². The van der Waals surface area contributed by atoms with Crippen molar-refractivity contribution in [2.24, 2.45) is 5.84 Å². The van der Waals surface area contributed by atoms with E-state index in [2.05, 4.69) is 32.2 Å². The molecule has 20 heavy (non-hydrogen) atoms. The van der Waals surface area contributed by atoms with Crippen LogP contribution in [0.15, 0.2) is 30.9 Å². The molecule has 2 heterocycles. The van der Waals surface area contributed by atoms with E-state index in [1.165, 1.54) is 6.33 Å². The standard InChI is InChI=1S/C14H20N6/c1-3-5-12-13(19-15)17-10-18-14(12)20(2)9-11-6-4-7-16-8-11/h4,6-8,10H,3,5,9,15H2,1-2H3,(H,17,18,19). The van der Waals surface area contributed by atoms with Crippen LogP contribution in [0, 0.1) is 0 Å². The number of nitrogens with zero attached hydrogens (tertiary/aromatic N) is 4. The fraction of sp³-hybridized carbons (Fsp3) is 0.357. The lowest BCUT2D eigenvalue weighted by molar-refractivity contribution is 0.840. The summed E-state index contributed by atoms with van der Waals surface area (Å²) in [6.07, 6.45) is 7.05. The Morgan fingerprint density at radius 2 is 2.20 bits per heavy atom. The van der Waals surface area contributed by atoms with Crippen molar-refractivity contribution in [2.75, 3.05) is 17.4 Å². The first-order valence-corrected chi connectivity index (χ1v) is 6.66. The van der Waals surface area contributed by atoms with E-state index < -0.39 is 0 Å². The van der Waals surface area contributed by atoms with Gasteiger partial charge >= 0.3 is 0 Å². The molecule has 106 valence electrons. The number of nitrogens with one attached hydrogen (secondary N) is 1. The van der Waals surface area contributed by atoms with Crippen LogP contribution in [0.4, 0.5) is 11.6 Å². The second kappa shape index (κ2) is 6.81. The van der Waals surface area contributed by atoms with Gasteiger partial charge in [0.1, 0.15) is 18.0 Å². The normalized spacial score (nSPS) is 10.3. The highest BCUT2D eigenvalue weighted by Gasteiger charge is 2.14. The molecule has 6 nitrogen and oxygen atoms in total. The maximum atomic E-state index is 5.53. The minimum absolute atomic E-state index is 0.690. The summed E-state index contributed by atoms with van der Waals surface area (Å²) in [7, 11) is 2.01. The van der Waals surface area contributed by atoms with Crippen LogP contribution in [0.2, 0.25) is 0 Å². The third-order valence-electron chi connectivity index (χ3n) is 3.06. The van der Waals surface area contributed by atoms with Crippen molar-refractivity contribution in [3.05, 3.63) is 42.0 Å². The lowest BCUT2D eigenvalue weighted by Gasteiger charge is -2.22. The molecular weight excluding hydrogens is 252 g/mol. The molecule has 0 radical (unpaired) electrons. The Hall–Kier alpha value is -2.21. The lowest BCUT2D eigenvalue weighted by Crippen LogP contribution is -2.22. The Kier molecular flexibility index (Phi) is 4.84. The zero-order valence-electron chi connectivity index (χ0n) is 11.9. The van der Waals surface area contributed by atoms with Gasteiger partial charge in [0.05, 0.1) is 0 Å². The van der Waals surface area contributed by atoms with Gasteiger partial charge in [0.15, 0.2) is 0 Å². The smallest absolute Gasteiger partial charge is 0.148 e. The highest BCUT2D eigenvalue weighted by Crippen LogP contribution is 2.24. The van der Waals surface area contributed by atoms with Crippen molar-refractivity contribution in [3.8, 4) is 0 Å². The maximum Gasteiger partial charge on any atom is 0.148 e. The second-order valence-corrected chi connectivity index (χ2v) is 4.64. The zero-order chi connectivity index (χ0) is 14.4. The first-order valence-electron chi connectivity index (χ1n) is 6.66. The molecule has 0 aromatic carbocycles. The van der Waals surface area contributed by atoms with E-state index in [0.717, 1.165) is 36.3 Å². The lowest BCUT2D eigenvalue weighted by atomic mass is 10.1. The highest BCUT2D eigenvalue weighted by atomic mass is 15.3. The molecule has 0 unspecified atom stereocenters. The van der Waals surface area contributed by atoms with Gasteiger partial charge < -0.3 is 10.3 Å². The Morgan fingerprint density at radius 3 is 2.85 bits per heavy atom. The monoisotopic (exact) mass is 272 g/mol. The predicted molar refractivity (Wildman–Crippen MR) is 80.2 cm³/mol. The van der Waals surface area contributed by atoms with Crippen molar-refractivity contribution in [2.45, 2.75) is 26.3 Å². The van der Waals surface area contributed by atoms with E-state index in [1.807, 2.05) is 25.4 Å². The average Bonchev–Trinajstić information content (AvgIpc) is 2.48. The number of hydrogen-bond acceptors (Lipinski definition) is 6. The molecule has 0 bridgehead atoms. The average molecular weight is 272 g/mol. The van der Waals surface area contributed by atoms with E-state index in [4.69, 9.17) is 5.84 Å². The first kappa shape index (κ1) is 14.2. The number of aromatic nitrogens is 3. The van der Waals surface area contributed by atoms with Crippen molar-refractivity contribution >= 4 is 11.6 Å². The minimum atomic E-state index is 0.690. The van der Waals surface area contributed by atoms with E-state index in [1.54, 1.807) is 6.20 Å². The van der Waals surface area contributed by atoms with E-state index in [0.29, 0.717) is 5.82 Å². The molecule has 2 rings (SSSR count). The third-order valence-corrected chi connectivity index (χ3v) is 3.06. The van der Waals surface area contributed by atoms with Crippen LogP contribution in [0.3, 0.4) is 0 Å². The summed E-state index contributed by atoms with van der Waals surface area (Å²) in [4.78, 5) is 14.8. The van der Waals surface area contributed by atoms with Crippen molar-refractivity contribution in [3.63, 3.8) is 0 Å². The van der Waals surface area contributed by atoms with Crippen molar-refractivity contribution < 1.29 is 0 Å². The third kappa shape index (κ3) is 3.21. The van der Waals surface area contributed by atoms with Crippen LogP contribution < -0.4 is 16.2 Å². The van der Waals surface area contributed by atoms with Gasteiger partial charge in [-0.25, -0.2) is 15.8 Å². The maximum absolute atomic E-state index is 5.53. The molecule has 0 saturated carbocycles. The van der Waals surface area contributed by atoms with Gasteiger partial charge in [0.25, 0.3) is 0 Å². The number of nitrogen functional groups attached to an aromatic ring is 1. The largest absolute Gasteiger partial charge is 0.355 e. The number of hydrazine groups is 1. The molecule has 3 N–H and O–H groups in total. The van der Waals surface area contributed by atoms with E-state index >= 15 is 0 Å². The second-order valence-electron chi connectivity index (χ2n) is 4.64. The Bertz CT molecular complexity index is 543. The summed E-state index contributed by atoms with van der Waals surface area (Å²) in [6.45, 7) is 2.86. The molecule has 2 aromatic rings. The summed E-state index contributed by atoms with van der Waals surface area (Å²) < 4.78 is 0. The molecule has 6 heteroatoms. The number of rotatable bonds is 6. The van der Waals surface area contributed by atoms with Crippen LogP contribution in [0.5, 0.6) is 0 Å². The molecule has 0 aliphatic heterocycles. The SMILES string of the molecule is CCCc1c(NN)ncnc1N(C)Cc1cccnc1. The number of nitrogens with two attached hydrogens (primary N) is 1. The molecule has 0 aliphatic rings. The van der Waals surface area contributed by atoms with Gasteiger partial charge in [-0.1, -0.05) is 19.4 Å². The number of hydrogen-bond donors (Lipinski definition) is 2. The molecule has 0 amide bonds. The van der Waals surface area contributed by atoms with Gasteiger partial charge in [-0.3, -0.25) is 4.98 Å². The fourth-order valence-electron chi connectivity index (χ4n) is 2.18. The van der Waals surface area contributed by atoms with Gasteiger partial charge in [-0.2, -0.15) is 0 Å². The summed E-state index contributed by atoms with van der Waals surface area (Å²) in [5.74, 6) is 7.12. The summed E-state index contributed by atoms with van der Waals surface area (Å²) >= 11 is 0. The van der Waals surface area contributed by atoms with Crippen LogP contribution in [-0.2, 0) is 13.0 Å². The Labute approximate surface area is 119 Å². The zero-order valence-corrected chi connectivity index (χ0v) is 11.9. The van der Waals surface area contributed by atoms with Crippen molar-refractivity contribution in [1.82, 2.24) is 15.0 Å². The van der Waals surface area contributed by atoms with Crippen LogP contribution >= 0.6 is 0 Å². The van der Waals surface area contributed by atoms with Crippen LogP contribution in [0.25, 0.3) is 0 Å².